The Morgan fingerprint density at radius 3 is 2.59 bits per heavy atom. The molecule has 140 valence electrons. The first-order chi connectivity index (χ1) is 13.3. The number of rotatable bonds is 8. The van der Waals surface area contributed by atoms with Crippen LogP contribution in [0.15, 0.2) is 67.1 Å². The molecule has 0 bridgehead atoms. The second-order valence-electron chi connectivity index (χ2n) is 7.15. The van der Waals surface area contributed by atoms with Crippen LogP contribution in [0.4, 0.5) is 0 Å². The van der Waals surface area contributed by atoms with Crippen LogP contribution in [0, 0.1) is 0 Å². The van der Waals surface area contributed by atoms with Crippen LogP contribution in [0.5, 0.6) is 0 Å². The molecule has 3 heterocycles. The van der Waals surface area contributed by atoms with Gasteiger partial charge in [-0.3, -0.25) is 14.6 Å². The van der Waals surface area contributed by atoms with Crippen molar-refractivity contribution in [2.45, 2.75) is 38.6 Å². The molecular weight excluding hydrogens is 336 g/mol. The largest absolute Gasteiger partial charge is 0.377 e. The highest BCUT2D eigenvalue weighted by atomic mass is 16.5. The molecule has 0 N–H and O–H groups in total. The van der Waals surface area contributed by atoms with E-state index >= 15 is 0 Å². The van der Waals surface area contributed by atoms with E-state index in [1.165, 1.54) is 17.5 Å². The molecule has 5 heteroatoms. The number of hydrogen-bond acceptors (Lipinski definition) is 4. The third kappa shape index (κ3) is 5.25. The molecule has 1 saturated heterocycles. The molecule has 5 nitrogen and oxygen atoms in total. The molecule has 2 aromatic heterocycles. The smallest absolute Gasteiger partial charge is 0.0703 e. The van der Waals surface area contributed by atoms with Gasteiger partial charge in [-0.05, 0) is 42.2 Å². The summed E-state index contributed by atoms with van der Waals surface area (Å²) in [5.74, 6) is 0. The minimum Gasteiger partial charge on any atom is -0.377 e. The normalized spacial score (nSPS) is 16.9. The van der Waals surface area contributed by atoms with Crippen molar-refractivity contribution in [3.8, 4) is 0 Å². The first-order valence-electron chi connectivity index (χ1n) is 9.64. The summed E-state index contributed by atoms with van der Waals surface area (Å²) >= 11 is 0. The Bertz CT molecular complexity index is 796. The van der Waals surface area contributed by atoms with Crippen molar-refractivity contribution in [1.29, 1.82) is 0 Å². The van der Waals surface area contributed by atoms with Crippen LogP contribution in [0.3, 0.4) is 0 Å². The van der Waals surface area contributed by atoms with Gasteiger partial charge < -0.3 is 4.74 Å². The molecule has 1 aromatic carbocycles. The Kier molecular flexibility index (Phi) is 5.92. The molecular formula is C22H26N4O. The second kappa shape index (κ2) is 8.93. The van der Waals surface area contributed by atoms with E-state index in [9.17, 15) is 0 Å². The van der Waals surface area contributed by atoms with Crippen LogP contribution in [-0.2, 0) is 24.4 Å². The SMILES string of the molecule is c1ccc(CN(Cc2ccc(Cn3cccn3)cc2)C[C@H]2CCCO2)nc1. The topological polar surface area (TPSA) is 43.2 Å². The Morgan fingerprint density at radius 2 is 1.89 bits per heavy atom. The fourth-order valence-corrected chi connectivity index (χ4v) is 3.57. The lowest BCUT2D eigenvalue weighted by molar-refractivity contribution is 0.0675. The summed E-state index contributed by atoms with van der Waals surface area (Å²) in [5.41, 5.74) is 3.68. The van der Waals surface area contributed by atoms with Crippen molar-refractivity contribution in [3.05, 3.63) is 83.9 Å². The Labute approximate surface area is 160 Å². The first-order valence-corrected chi connectivity index (χ1v) is 9.64. The first kappa shape index (κ1) is 17.9. The van der Waals surface area contributed by atoms with Crippen LogP contribution in [0.1, 0.15) is 29.7 Å². The number of aromatic nitrogens is 3. The van der Waals surface area contributed by atoms with Crippen molar-refractivity contribution >= 4 is 0 Å². The molecule has 0 spiro atoms. The van der Waals surface area contributed by atoms with Gasteiger partial charge in [0.05, 0.1) is 18.3 Å². The number of pyridine rings is 1. The van der Waals surface area contributed by atoms with Crippen molar-refractivity contribution in [3.63, 3.8) is 0 Å². The minimum absolute atomic E-state index is 0.341. The monoisotopic (exact) mass is 362 g/mol. The molecule has 27 heavy (non-hydrogen) atoms. The summed E-state index contributed by atoms with van der Waals surface area (Å²) in [6.45, 7) is 4.39. The summed E-state index contributed by atoms with van der Waals surface area (Å²) < 4.78 is 7.81. The van der Waals surface area contributed by atoms with Crippen LogP contribution < -0.4 is 0 Å². The van der Waals surface area contributed by atoms with E-state index in [4.69, 9.17) is 4.74 Å². The van der Waals surface area contributed by atoms with Crippen LogP contribution >= 0.6 is 0 Å². The van der Waals surface area contributed by atoms with Gasteiger partial charge in [-0.1, -0.05) is 30.3 Å². The standard InChI is InChI=1S/C22H26N4O/c1-2-11-23-21(5-1)17-25(18-22-6-3-14-27-22)15-19-7-9-20(10-8-19)16-26-13-4-12-24-26/h1-2,4-5,7-13,22H,3,6,14-18H2/t22-/m1/s1. The van der Waals surface area contributed by atoms with Crippen molar-refractivity contribution in [1.82, 2.24) is 19.7 Å². The Hall–Kier alpha value is -2.50. The van der Waals surface area contributed by atoms with E-state index in [2.05, 4.69) is 51.4 Å². The summed E-state index contributed by atoms with van der Waals surface area (Å²) in [4.78, 5) is 6.94. The maximum atomic E-state index is 5.86. The van der Waals surface area contributed by atoms with E-state index in [1.54, 1.807) is 0 Å². The average molecular weight is 362 g/mol. The van der Waals surface area contributed by atoms with Crippen molar-refractivity contribution in [2.75, 3.05) is 13.2 Å². The zero-order valence-electron chi connectivity index (χ0n) is 15.6. The zero-order chi connectivity index (χ0) is 18.3. The molecule has 0 unspecified atom stereocenters. The number of nitrogens with zero attached hydrogens (tertiary/aromatic N) is 4. The number of benzene rings is 1. The van der Waals surface area contributed by atoms with Gasteiger partial charge in [0.25, 0.3) is 0 Å². The highest BCUT2D eigenvalue weighted by Crippen LogP contribution is 2.17. The van der Waals surface area contributed by atoms with E-state index in [0.717, 1.165) is 44.9 Å². The van der Waals surface area contributed by atoms with Gasteiger partial charge in [0.15, 0.2) is 0 Å². The third-order valence-electron chi connectivity index (χ3n) is 4.93. The predicted octanol–water partition coefficient (Wildman–Crippen LogP) is 3.51. The quantitative estimate of drug-likeness (QED) is 0.615. The molecule has 4 rings (SSSR count). The third-order valence-corrected chi connectivity index (χ3v) is 4.93. The van der Waals surface area contributed by atoms with Gasteiger partial charge in [0, 0.05) is 44.8 Å². The van der Waals surface area contributed by atoms with Gasteiger partial charge in [-0.15, -0.1) is 0 Å². The zero-order valence-corrected chi connectivity index (χ0v) is 15.6. The highest BCUT2D eigenvalue weighted by molar-refractivity contribution is 5.23. The van der Waals surface area contributed by atoms with Gasteiger partial charge >= 0.3 is 0 Å². The number of ether oxygens (including phenoxy) is 1. The van der Waals surface area contributed by atoms with Gasteiger partial charge in [0.2, 0.25) is 0 Å². The molecule has 1 aliphatic rings. The highest BCUT2D eigenvalue weighted by Gasteiger charge is 2.20. The fourth-order valence-electron chi connectivity index (χ4n) is 3.57. The van der Waals surface area contributed by atoms with Crippen LogP contribution in [0.2, 0.25) is 0 Å². The molecule has 1 atom stereocenters. The summed E-state index contributed by atoms with van der Waals surface area (Å²) in [6, 6.07) is 16.9. The van der Waals surface area contributed by atoms with E-state index in [1.807, 2.05) is 35.4 Å². The number of hydrogen-bond donors (Lipinski definition) is 0. The van der Waals surface area contributed by atoms with E-state index in [0.29, 0.717) is 6.10 Å². The molecule has 1 aliphatic heterocycles. The second-order valence-corrected chi connectivity index (χ2v) is 7.15. The van der Waals surface area contributed by atoms with Crippen molar-refractivity contribution in [2.24, 2.45) is 0 Å². The summed E-state index contributed by atoms with van der Waals surface area (Å²) in [5, 5.41) is 4.27. The molecule has 0 saturated carbocycles. The predicted molar refractivity (Wildman–Crippen MR) is 105 cm³/mol. The molecule has 0 amide bonds. The Morgan fingerprint density at radius 1 is 1.00 bits per heavy atom. The van der Waals surface area contributed by atoms with E-state index < -0.39 is 0 Å². The van der Waals surface area contributed by atoms with Gasteiger partial charge in [-0.2, -0.15) is 5.10 Å². The maximum Gasteiger partial charge on any atom is 0.0703 e. The van der Waals surface area contributed by atoms with Gasteiger partial charge in [-0.25, -0.2) is 0 Å². The Balaban J connectivity index is 1.41. The minimum atomic E-state index is 0.341. The fraction of sp³-hybridized carbons (Fsp3) is 0.364. The van der Waals surface area contributed by atoms with Crippen molar-refractivity contribution < 1.29 is 4.74 Å². The van der Waals surface area contributed by atoms with Crippen LogP contribution in [0.25, 0.3) is 0 Å². The molecule has 0 radical (unpaired) electrons. The van der Waals surface area contributed by atoms with Crippen LogP contribution in [-0.4, -0.2) is 38.9 Å². The lowest BCUT2D eigenvalue weighted by Gasteiger charge is -2.25. The summed E-state index contributed by atoms with van der Waals surface area (Å²) in [7, 11) is 0. The lowest BCUT2D eigenvalue weighted by Crippen LogP contribution is -2.31. The average Bonchev–Trinajstić information content (AvgIpc) is 3.38. The molecule has 3 aromatic rings. The lowest BCUT2D eigenvalue weighted by atomic mass is 10.1. The molecule has 1 fully saturated rings. The summed E-state index contributed by atoms with van der Waals surface area (Å²) in [6.07, 6.45) is 8.34. The maximum absolute atomic E-state index is 5.86. The van der Waals surface area contributed by atoms with E-state index in [-0.39, 0.29) is 0 Å². The molecule has 0 aliphatic carbocycles. The van der Waals surface area contributed by atoms with Gasteiger partial charge in [0.1, 0.15) is 0 Å².